The average molecular weight is 397 g/mol. The van der Waals surface area contributed by atoms with Crippen molar-refractivity contribution in [3.63, 3.8) is 0 Å². The van der Waals surface area contributed by atoms with Gasteiger partial charge in [0.1, 0.15) is 5.78 Å². The maximum atomic E-state index is 12.6. The lowest BCUT2D eigenvalue weighted by Gasteiger charge is -2.26. The molecule has 0 aromatic rings. The van der Waals surface area contributed by atoms with E-state index in [0.29, 0.717) is 44.4 Å². The van der Waals surface area contributed by atoms with E-state index in [1.807, 2.05) is 19.1 Å². The molecule has 0 aliphatic heterocycles. The lowest BCUT2D eigenvalue weighted by atomic mass is 9.79. The smallest absolute Gasteiger partial charge is 0.303 e. The second-order valence-electron chi connectivity index (χ2n) is 9.58. The summed E-state index contributed by atoms with van der Waals surface area (Å²) in [6.45, 7) is 6.62. The number of aliphatic hydroxyl groups is 2. The quantitative estimate of drug-likeness (QED) is 0.297. The van der Waals surface area contributed by atoms with E-state index in [1.165, 1.54) is 0 Å². The molecule has 0 aromatic heterocycles. The van der Waals surface area contributed by atoms with Crippen molar-refractivity contribution in [2.24, 2.45) is 17.3 Å². The number of aliphatic carboxylic acids is 1. The van der Waals surface area contributed by atoms with Gasteiger partial charge in [-0.2, -0.15) is 0 Å². The van der Waals surface area contributed by atoms with Crippen LogP contribution in [0.1, 0.15) is 91.4 Å². The van der Waals surface area contributed by atoms with Crippen LogP contribution in [0.2, 0.25) is 0 Å². The number of allylic oxidation sites excluding steroid dienone is 1. The molecular weight excluding hydrogens is 356 g/mol. The van der Waals surface area contributed by atoms with Crippen LogP contribution in [0, 0.1) is 17.3 Å². The SMILES string of the molecule is CC(CO)CCC(C)(C)CCC(=O)[C@H]1CC[C@@](O)(CC=CCCCC(=O)O)C1. The van der Waals surface area contributed by atoms with Gasteiger partial charge in [0.25, 0.3) is 0 Å². The Morgan fingerprint density at radius 3 is 2.57 bits per heavy atom. The van der Waals surface area contributed by atoms with Gasteiger partial charge in [-0.25, -0.2) is 0 Å². The van der Waals surface area contributed by atoms with Crippen molar-refractivity contribution in [2.45, 2.75) is 97.0 Å². The first-order valence-electron chi connectivity index (χ1n) is 10.8. The van der Waals surface area contributed by atoms with Gasteiger partial charge >= 0.3 is 5.97 Å². The molecule has 0 radical (unpaired) electrons. The van der Waals surface area contributed by atoms with Gasteiger partial charge in [-0.1, -0.05) is 32.9 Å². The molecule has 1 rings (SSSR count). The monoisotopic (exact) mass is 396 g/mol. The molecule has 1 saturated carbocycles. The molecule has 0 aromatic carbocycles. The third-order valence-electron chi connectivity index (χ3n) is 6.14. The fourth-order valence-corrected chi connectivity index (χ4v) is 3.88. The molecule has 1 aliphatic rings. The molecule has 0 amide bonds. The summed E-state index contributed by atoms with van der Waals surface area (Å²) < 4.78 is 0. The van der Waals surface area contributed by atoms with Gasteiger partial charge in [-0.05, 0) is 69.1 Å². The molecular formula is C23H40O5. The Kier molecular flexibility index (Phi) is 10.4. The summed E-state index contributed by atoms with van der Waals surface area (Å²) in [5, 5.41) is 28.5. The highest BCUT2D eigenvalue weighted by Gasteiger charge is 2.39. The predicted molar refractivity (Wildman–Crippen MR) is 111 cm³/mol. The standard InChI is InChI=1S/C23H40O5/c1-18(17-24)9-13-22(2,3)14-11-20(25)19-10-15-23(28,16-19)12-7-5-4-6-8-21(26)27/h5,7,18-19,24,28H,4,6,8-17H2,1-3H3,(H,26,27)/t18?,19-,23-/m0/s1. The van der Waals surface area contributed by atoms with Crippen LogP contribution in [0.4, 0.5) is 0 Å². The average Bonchev–Trinajstić information content (AvgIpc) is 3.03. The van der Waals surface area contributed by atoms with Crippen LogP contribution >= 0.6 is 0 Å². The first-order chi connectivity index (χ1) is 13.1. The third-order valence-corrected chi connectivity index (χ3v) is 6.14. The van der Waals surface area contributed by atoms with Crippen molar-refractivity contribution in [1.29, 1.82) is 0 Å². The fraction of sp³-hybridized carbons (Fsp3) is 0.826. The van der Waals surface area contributed by atoms with E-state index in [1.54, 1.807) is 0 Å². The Morgan fingerprint density at radius 1 is 1.21 bits per heavy atom. The Labute approximate surface area is 170 Å². The van der Waals surface area contributed by atoms with Crippen LogP contribution in [-0.4, -0.2) is 39.3 Å². The molecule has 5 nitrogen and oxygen atoms in total. The topological polar surface area (TPSA) is 94.8 Å². The summed E-state index contributed by atoms with van der Waals surface area (Å²) in [7, 11) is 0. The highest BCUT2D eigenvalue weighted by atomic mass is 16.4. The highest BCUT2D eigenvalue weighted by molar-refractivity contribution is 5.81. The minimum atomic E-state index is -0.796. The Bertz CT molecular complexity index is 525. The second-order valence-corrected chi connectivity index (χ2v) is 9.58. The van der Waals surface area contributed by atoms with E-state index in [9.17, 15) is 14.7 Å². The van der Waals surface area contributed by atoms with Gasteiger partial charge in [-0.3, -0.25) is 9.59 Å². The third kappa shape index (κ3) is 9.83. The molecule has 3 N–H and O–H groups in total. The second kappa shape index (κ2) is 11.7. The number of carboxylic acid groups (broad SMARTS) is 1. The molecule has 3 atom stereocenters. The van der Waals surface area contributed by atoms with Crippen LogP contribution in [0.25, 0.3) is 0 Å². The molecule has 0 spiro atoms. The van der Waals surface area contributed by atoms with E-state index < -0.39 is 11.6 Å². The van der Waals surface area contributed by atoms with Crippen molar-refractivity contribution in [3.05, 3.63) is 12.2 Å². The molecule has 28 heavy (non-hydrogen) atoms. The lowest BCUT2D eigenvalue weighted by molar-refractivity contribution is -0.137. The molecule has 1 unspecified atom stereocenters. The van der Waals surface area contributed by atoms with Gasteiger partial charge in [0.2, 0.25) is 0 Å². The minimum absolute atomic E-state index is 0.0439. The number of hydrogen-bond acceptors (Lipinski definition) is 4. The summed E-state index contributed by atoms with van der Waals surface area (Å²) in [6.07, 6.45) is 11.2. The maximum Gasteiger partial charge on any atom is 0.303 e. The summed E-state index contributed by atoms with van der Waals surface area (Å²) >= 11 is 0. The Balaban J connectivity index is 2.34. The van der Waals surface area contributed by atoms with Gasteiger partial charge in [0.05, 0.1) is 5.60 Å². The van der Waals surface area contributed by atoms with Crippen molar-refractivity contribution < 1.29 is 24.9 Å². The van der Waals surface area contributed by atoms with E-state index >= 15 is 0 Å². The van der Waals surface area contributed by atoms with Gasteiger partial charge in [-0.15, -0.1) is 0 Å². The van der Waals surface area contributed by atoms with Crippen LogP contribution in [0.3, 0.4) is 0 Å². The van der Waals surface area contributed by atoms with Gasteiger partial charge in [0, 0.05) is 25.4 Å². The number of aliphatic hydroxyl groups excluding tert-OH is 1. The van der Waals surface area contributed by atoms with E-state index in [2.05, 4.69) is 13.8 Å². The van der Waals surface area contributed by atoms with Crippen molar-refractivity contribution >= 4 is 11.8 Å². The number of ketones is 1. The van der Waals surface area contributed by atoms with Crippen LogP contribution in [-0.2, 0) is 9.59 Å². The zero-order valence-corrected chi connectivity index (χ0v) is 18.0. The summed E-state index contributed by atoms with van der Waals surface area (Å²) in [5.74, 6) is -0.255. The van der Waals surface area contributed by atoms with Crippen molar-refractivity contribution in [1.82, 2.24) is 0 Å². The molecule has 1 fully saturated rings. The lowest BCUT2D eigenvalue weighted by Crippen LogP contribution is -2.25. The largest absolute Gasteiger partial charge is 0.481 e. The number of carbonyl (C=O) groups excluding carboxylic acids is 1. The van der Waals surface area contributed by atoms with Crippen molar-refractivity contribution in [2.75, 3.05) is 6.61 Å². The van der Waals surface area contributed by atoms with Crippen LogP contribution in [0.15, 0.2) is 12.2 Å². The summed E-state index contributed by atoms with van der Waals surface area (Å²) in [5.41, 5.74) is -0.706. The number of unbranched alkanes of at least 4 members (excludes halogenated alkanes) is 1. The normalized spacial score (nSPS) is 24.0. The molecule has 1 aliphatic carbocycles. The first kappa shape index (κ1) is 24.8. The zero-order valence-electron chi connectivity index (χ0n) is 18.0. The van der Waals surface area contributed by atoms with Crippen molar-refractivity contribution in [3.8, 4) is 0 Å². The number of carbonyl (C=O) groups is 2. The molecule has 0 saturated heterocycles. The number of rotatable bonds is 14. The van der Waals surface area contributed by atoms with Crippen LogP contribution < -0.4 is 0 Å². The van der Waals surface area contributed by atoms with Gasteiger partial charge in [0.15, 0.2) is 0 Å². The Morgan fingerprint density at radius 2 is 1.93 bits per heavy atom. The molecule has 162 valence electrons. The van der Waals surface area contributed by atoms with E-state index in [-0.39, 0.29) is 30.1 Å². The number of hydrogen-bond donors (Lipinski definition) is 3. The van der Waals surface area contributed by atoms with E-state index in [4.69, 9.17) is 10.2 Å². The number of Topliss-reactive ketones (excluding diaryl/α,β-unsaturated/α-hetero) is 1. The highest BCUT2D eigenvalue weighted by Crippen LogP contribution is 2.39. The fourth-order valence-electron chi connectivity index (χ4n) is 3.88. The summed E-state index contributed by atoms with van der Waals surface area (Å²) in [4.78, 5) is 23.1. The molecule has 5 heteroatoms. The van der Waals surface area contributed by atoms with E-state index in [0.717, 1.165) is 25.7 Å². The molecule has 0 bridgehead atoms. The van der Waals surface area contributed by atoms with Gasteiger partial charge < -0.3 is 15.3 Å². The Hall–Kier alpha value is -1.20. The maximum absolute atomic E-state index is 12.6. The zero-order chi connectivity index (χ0) is 21.2. The first-order valence-corrected chi connectivity index (χ1v) is 10.8. The predicted octanol–water partition coefficient (Wildman–Crippen LogP) is 4.50. The minimum Gasteiger partial charge on any atom is -0.481 e. The molecule has 0 heterocycles. The van der Waals surface area contributed by atoms with Crippen LogP contribution in [0.5, 0.6) is 0 Å². The summed E-state index contributed by atoms with van der Waals surface area (Å²) in [6, 6.07) is 0. The number of carboxylic acids is 1.